The van der Waals surface area contributed by atoms with Gasteiger partial charge in [0.25, 0.3) is 0 Å². The Morgan fingerprint density at radius 2 is 1.70 bits per heavy atom. The summed E-state index contributed by atoms with van der Waals surface area (Å²) in [6.45, 7) is 1.16. The summed E-state index contributed by atoms with van der Waals surface area (Å²) >= 11 is 1.59. The number of nitrogens with zero attached hydrogens (tertiary/aromatic N) is 2. The van der Waals surface area contributed by atoms with Crippen molar-refractivity contribution in [1.82, 2.24) is 4.98 Å². The van der Waals surface area contributed by atoms with Crippen LogP contribution in [0.25, 0.3) is 21.8 Å². The molecule has 1 aliphatic heterocycles. The first kappa shape index (κ1) is 13.8. The van der Waals surface area contributed by atoms with Gasteiger partial charge in [-0.05, 0) is 30.3 Å². The molecule has 5 heteroatoms. The Labute approximate surface area is 137 Å². The van der Waals surface area contributed by atoms with E-state index in [9.17, 15) is 0 Å². The van der Waals surface area contributed by atoms with Crippen LogP contribution < -0.4 is 9.47 Å². The van der Waals surface area contributed by atoms with E-state index < -0.39 is 0 Å². The number of thiazole rings is 1. The van der Waals surface area contributed by atoms with Crippen LogP contribution in [0.5, 0.6) is 11.5 Å². The van der Waals surface area contributed by atoms with Crippen LogP contribution in [-0.2, 0) is 0 Å². The largest absolute Gasteiger partial charge is 0.486 e. The molecule has 4 rings (SSSR count). The van der Waals surface area contributed by atoms with Gasteiger partial charge in [-0.1, -0.05) is 12.1 Å². The molecule has 2 heterocycles. The molecule has 0 amide bonds. The van der Waals surface area contributed by atoms with E-state index in [1.165, 1.54) is 0 Å². The smallest absolute Gasteiger partial charge is 0.162 e. The van der Waals surface area contributed by atoms with Gasteiger partial charge in [-0.25, -0.2) is 4.98 Å². The fourth-order valence-electron chi connectivity index (χ4n) is 2.43. The molecule has 0 N–H and O–H groups in total. The second-order valence-electron chi connectivity index (χ2n) is 5.09. The molecule has 0 unspecified atom stereocenters. The van der Waals surface area contributed by atoms with Gasteiger partial charge in [0.2, 0.25) is 0 Å². The molecule has 3 aromatic rings. The van der Waals surface area contributed by atoms with Crippen LogP contribution in [0, 0.1) is 11.3 Å². The van der Waals surface area contributed by atoms with Gasteiger partial charge in [0.15, 0.2) is 11.5 Å². The van der Waals surface area contributed by atoms with E-state index in [0.29, 0.717) is 18.8 Å². The summed E-state index contributed by atoms with van der Waals surface area (Å²) in [6.07, 6.45) is 0. The standard InChI is InChI=1S/C18H12N2O2S/c19-10-12-1-3-13(4-2-12)15-11-23-18(20-15)14-5-6-16-17(9-14)22-8-7-21-16/h1-6,9,11H,7-8H2. The van der Waals surface area contributed by atoms with Crippen molar-refractivity contribution in [3.63, 3.8) is 0 Å². The van der Waals surface area contributed by atoms with Crippen molar-refractivity contribution < 1.29 is 9.47 Å². The molecule has 0 fully saturated rings. The van der Waals surface area contributed by atoms with E-state index >= 15 is 0 Å². The van der Waals surface area contributed by atoms with E-state index in [1.807, 2.05) is 35.7 Å². The van der Waals surface area contributed by atoms with E-state index in [1.54, 1.807) is 23.5 Å². The Morgan fingerprint density at radius 1 is 0.957 bits per heavy atom. The van der Waals surface area contributed by atoms with Crippen LogP contribution in [0.15, 0.2) is 47.8 Å². The Hall–Kier alpha value is -2.84. The van der Waals surface area contributed by atoms with Crippen molar-refractivity contribution in [3.8, 4) is 39.4 Å². The van der Waals surface area contributed by atoms with Crippen molar-refractivity contribution in [2.45, 2.75) is 0 Å². The molecule has 0 radical (unpaired) electrons. The van der Waals surface area contributed by atoms with Crippen LogP contribution >= 0.6 is 11.3 Å². The molecule has 2 aromatic carbocycles. The van der Waals surface area contributed by atoms with Gasteiger partial charge in [-0.2, -0.15) is 5.26 Å². The lowest BCUT2D eigenvalue weighted by Gasteiger charge is -2.18. The molecule has 0 atom stereocenters. The Kier molecular flexibility index (Phi) is 3.45. The zero-order valence-electron chi connectivity index (χ0n) is 12.2. The molecule has 0 bridgehead atoms. The third-order valence-corrected chi connectivity index (χ3v) is 4.49. The molecular weight excluding hydrogens is 308 g/mol. The molecule has 112 valence electrons. The fourth-order valence-corrected chi connectivity index (χ4v) is 3.26. The van der Waals surface area contributed by atoms with Gasteiger partial charge in [0.05, 0.1) is 17.3 Å². The average Bonchev–Trinajstić information content (AvgIpc) is 3.11. The molecule has 1 aliphatic rings. The minimum absolute atomic E-state index is 0.574. The maximum atomic E-state index is 8.86. The number of hydrogen-bond donors (Lipinski definition) is 0. The fraction of sp³-hybridized carbons (Fsp3) is 0.111. The molecule has 0 saturated heterocycles. The highest BCUT2D eigenvalue weighted by Crippen LogP contribution is 2.36. The molecule has 0 spiro atoms. The molecule has 23 heavy (non-hydrogen) atoms. The Bertz CT molecular complexity index is 894. The maximum absolute atomic E-state index is 8.86. The van der Waals surface area contributed by atoms with Crippen LogP contribution in [0.4, 0.5) is 0 Å². The van der Waals surface area contributed by atoms with Crippen LogP contribution in [0.1, 0.15) is 5.56 Å². The predicted molar refractivity (Wildman–Crippen MR) is 88.7 cm³/mol. The van der Waals surface area contributed by atoms with E-state index in [4.69, 9.17) is 19.7 Å². The number of aromatic nitrogens is 1. The number of hydrogen-bond acceptors (Lipinski definition) is 5. The van der Waals surface area contributed by atoms with Gasteiger partial charge in [-0.15, -0.1) is 11.3 Å². The zero-order valence-corrected chi connectivity index (χ0v) is 13.0. The first-order valence-electron chi connectivity index (χ1n) is 7.19. The number of benzene rings is 2. The quantitative estimate of drug-likeness (QED) is 0.713. The monoisotopic (exact) mass is 320 g/mol. The van der Waals surface area contributed by atoms with Gasteiger partial charge >= 0.3 is 0 Å². The summed E-state index contributed by atoms with van der Waals surface area (Å²) in [6, 6.07) is 15.5. The summed E-state index contributed by atoms with van der Waals surface area (Å²) in [7, 11) is 0. The third kappa shape index (κ3) is 2.65. The minimum Gasteiger partial charge on any atom is -0.486 e. The van der Waals surface area contributed by atoms with Gasteiger partial charge < -0.3 is 9.47 Å². The number of nitriles is 1. The van der Waals surface area contributed by atoms with E-state index in [0.717, 1.165) is 33.3 Å². The predicted octanol–water partition coefficient (Wildman–Crippen LogP) is 4.12. The van der Waals surface area contributed by atoms with Crippen molar-refractivity contribution in [2.75, 3.05) is 13.2 Å². The van der Waals surface area contributed by atoms with Crippen LogP contribution in [-0.4, -0.2) is 18.2 Å². The van der Waals surface area contributed by atoms with Crippen molar-refractivity contribution in [1.29, 1.82) is 5.26 Å². The lowest BCUT2D eigenvalue weighted by molar-refractivity contribution is 0.171. The van der Waals surface area contributed by atoms with Gasteiger partial charge in [0.1, 0.15) is 18.2 Å². The Balaban J connectivity index is 1.66. The van der Waals surface area contributed by atoms with Crippen molar-refractivity contribution >= 4 is 11.3 Å². The van der Waals surface area contributed by atoms with Crippen LogP contribution in [0.2, 0.25) is 0 Å². The first-order chi connectivity index (χ1) is 11.3. The highest BCUT2D eigenvalue weighted by Gasteiger charge is 2.14. The zero-order chi connectivity index (χ0) is 15.6. The first-order valence-corrected chi connectivity index (χ1v) is 8.07. The third-order valence-electron chi connectivity index (χ3n) is 3.60. The molecule has 4 nitrogen and oxygen atoms in total. The SMILES string of the molecule is N#Cc1ccc(-c2csc(-c3ccc4c(c3)OCCO4)n2)cc1. The second-order valence-corrected chi connectivity index (χ2v) is 5.94. The lowest BCUT2D eigenvalue weighted by atomic mass is 10.1. The molecule has 0 saturated carbocycles. The summed E-state index contributed by atoms with van der Waals surface area (Å²) in [5, 5.41) is 11.8. The van der Waals surface area contributed by atoms with Gasteiger partial charge in [0, 0.05) is 16.5 Å². The van der Waals surface area contributed by atoms with Crippen LogP contribution in [0.3, 0.4) is 0 Å². The summed E-state index contributed by atoms with van der Waals surface area (Å²) in [5.74, 6) is 1.55. The average molecular weight is 320 g/mol. The second kappa shape index (κ2) is 5.75. The highest BCUT2D eigenvalue weighted by atomic mass is 32.1. The normalized spacial score (nSPS) is 12.7. The number of ether oxygens (including phenoxy) is 2. The summed E-state index contributed by atoms with van der Waals surface area (Å²) < 4.78 is 11.2. The lowest BCUT2D eigenvalue weighted by Crippen LogP contribution is -2.15. The maximum Gasteiger partial charge on any atom is 0.162 e. The van der Waals surface area contributed by atoms with E-state index in [-0.39, 0.29) is 0 Å². The van der Waals surface area contributed by atoms with Crippen molar-refractivity contribution in [2.24, 2.45) is 0 Å². The minimum atomic E-state index is 0.574. The molecule has 0 aliphatic carbocycles. The molecule has 1 aromatic heterocycles. The summed E-state index contributed by atoms with van der Waals surface area (Å²) in [4.78, 5) is 4.69. The number of fused-ring (bicyclic) bond motifs is 1. The van der Waals surface area contributed by atoms with Crippen molar-refractivity contribution in [3.05, 3.63) is 53.4 Å². The topological polar surface area (TPSA) is 55.1 Å². The van der Waals surface area contributed by atoms with Gasteiger partial charge in [-0.3, -0.25) is 0 Å². The Morgan fingerprint density at radius 3 is 2.48 bits per heavy atom. The number of rotatable bonds is 2. The highest BCUT2D eigenvalue weighted by molar-refractivity contribution is 7.13. The van der Waals surface area contributed by atoms with E-state index in [2.05, 4.69) is 6.07 Å². The molecular formula is C18H12N2O2S. The summed E-state index contributed by atoms with van der Waals surface area (Å²) in [5.41, 5.74) is 3.57.